The predicted molar refractivity (Wildman–Crippen MR) is 114 cm³/mol. The third kappa shape index (κ3) is 5.89. The van der Waals surface area contributed by atoms with E-state index >= 15 is 0 Å². The number of halogens is 1. The number of piperazine rings is 1. The summed E-state index contributed by atoms with van der Waals surface area (Å²) in [7, 11) is 1.84. The molecule has 1 aliphatic heterocycles. The van der Waals surface area contributed by atoms with E-state index in [0.29, 0.717) is 0 Å². The van der Waals surface area contributed by atoms with Crippen LogP contribution in [-0.2, 0) is 19.5 Å². The molecular weight excluding hydrogens is 459 g/mol. The number of rotatable bonds is 6. The Morgan fingerprint density at radius 1 is 1.30 bits per heavy atom. The number of nitrogens with zero attached hydrogens (tertiary/aromatic N) is 7. The molecule has 3 heterocycles. The van der Waals surface area contributed by atoms with Crippen LogP contribution in [0.1, 0.15) is 24.2 Å². The van der Waals surface area contributed by atoms with Crippen LogP contribution in [-0.4, -0.2) is 75.5 Å². The molecule has 0 radical (unpaired) electrons. The summed E-state index contributed by atoms with van der Waals surface area (Å²) in [6.07, 6.45) is 2.68. The molecule has 10 heteroatoms. The molecule has 1 saturated heterocycles. The average molecular weight is 488 g/mol. The highest BCUT2D eigenvalue weighted by atomic mass is 127. The van der Waals surface area contributed by atoms with Crippen LogP contribution in [0.4, 0.5) is 0 Å². The normalized spacial score (nSPS) is 15.7. The minimum absolute atomic E-state index is 0. The van der Waals surface area contributed by atoms with Crippen LogP contribution in [0.15, 0.2) is 21.9 Å². The number of aliphatic imine (C=N–C) groups is 1. The summed E-state index contributed by atoms with van der Waals surface area (Å²) in [4.78, 5) is 9.13. The molecule has 0 aliphatic carbocycles. The summed E-state index contributed by atoms with van der Waals surface area (Å²) >= 11 is 0. The fourth-order valence-electron chi connectivity index (χ4n) is 3.20. The topological polar surface area (TPSA) is 87.6 Å². The van der Waals surface area contributed by atoms with Gasteiger partial charge in [-0.3, -0.25) is 9.89 Å². The Balaban J connectivity index is 0.00000261. The molecule has 0 spiro atoms. The van der Waals surface area contributed by atoms with Crippen molar-refractivity contribution in [2.75, 3.05) is 39.8 Å². The van der Waals surface area contributed by atoms with Gasteiger partial charge >= 0.3 is 0 Å². The van der Waals surface area contributed by atoms with E-state index in [-0.39, 0.29) is 24.0 Å². The van der Waals surface area contributed by atoms with Crippen LogP contribution in [0.25, 0.3) is 0 Å². The van der Waals surface area contributed by atoms with Crippen molar-refractivity contribution in [3.63, 3.8) is 0 Å². The zero-order chi connectivity index (χ0) is 18.4. The summed E-state index contributed by atoms with van der Waals surface area (Å²) in [5, 5.41) is 15.6. The maximum Gasteiger partial charge on any atom is 0.193 e. The standard InChI is InChI=1S/C17H28N8O.HI/c1-4-16-21-20-13-25(16)6-5-19-17(18-3)24-9-7-23(8-10-24)12-15-11-14(2)26-22-15;/h11,13H,4-10,12H2,1-3H3,(H,18,19);1H. The number of nitrogens with one attached hydrogen (secondary N) is 1. The van der Waals surface area contributed by atoms with E-state index in [1.165, 1.54) is 0 Å². The SMILES string of the molecule is CCc1nncn1CCNC(=NC)N1CCN(Cc2cc(C)on2)CC1.I. The third-order valence-electron chi connectivity index (χ3n) is 4.59. The number of hydrogen-bond donors (Lipinski definition) is 1. The highest BCUT2D eigenvalue weighted by Gasteiger charge is 2.20. The lowest BCUT2D eigenvalue weighted by Crippen LogP contribution is -2.52. The van der Waals surface area contributed by atoms with E-state index in [2.05, 4.69) is 47.0 Å². The van der Waals surface area contributed by atoms with Gasteiger partial charge in [0.05, 0.1) is 5.69 Å². The molecule has 3 rings (SSSR count). The second kappa shape index (κ2) is 10.6. The van der Waals surface area contributed by atoms with Gasteiger partial charge in [-0.05, 0) is 6.92 Å². The lowest BCUT2D eigenvalue weighted by Gasteiger charge is -2.36. The first kappa shape index (κ1) is 21.6. The minimum Gasteiger partial charge on any atom is -0.361 e. The predicted octanol–water partition coefficient (Wildman–Crippen LogP) is 1.15. The van der Waals surface area contributed by atoms with E-state index in [1.54, 1.807) is 6.33 Å². The first-order chi connectivity index (χ1) is 12.7. The lowest BCUT2D eigenvalue weighted by atomic mass is 10.3. The van der Waals surface area contributed by atoms with Crippen LogP contribution in [0, 0.1) is 6.92 Å². The molecule has 1 aliphatic rings. The van der Waals surface area contributed by atoms with Crippen molar-refractivity contribution in [3.05, 3.63) is 29.7 Å². The molecule has 1 fully saturated rings. The van der Waals surface area contributed by atoms with Gasteiger partial charge in [-0.25, -0.2) is 0 Å². The van der Waals surface area contributed by atoms with Gasteiger partial charge in [0, 0.05) is 65.3 Å². The fraction of sp³-hybridized carbons (Fsp3) is 0.647. The van der Waals surface area contributed by atoms with Crippen molar-refractivity contribution < 1.29 is 4.52 Å². The van der Waals surface area contributed by atoms with E-state index in [9.17, 15) is 0 Å². The molecule has 0 saturated carbocycles. The van der Waals surface area contributed by atoms with Crippen LogP contribution in [0.2, 0.25) is 0 Å². The van der Waals surface area contributed by atoms with Gasteiger partial charge in [-0.1, -0.05) is 12.1 Å². The fourth-order valence-corrected chi connectivity index (χ4v) is 3.20. The Morgan fingerprint density at radius 2 is 2.07 bits per heavy atom. The van der Waals surface area contributed by atoms with E-state index < -0.39 is 0 Å². The molecule has 9 nitrogen and oxygen atoms in total. The van der Waals surface area contributed by atoms with Crippen molar-refractivity contribution >= 4 is 29.9 Å². The monoisotopic (exact) mass is 488 g/mol. The number of aromatic nitrogens is 4. The van der Waals surface area contributed by atoms with E-state index in [1.807, 2.05) is 20.0 Å². The third-order valence-corrected chi connectivity index (χ3v) is 4.59. The summed E-state index contributed by atoms with van der Waals surface area (Å²) in [5.41, 5.74) is 0.999. The van der Waals surface area contributed by atoms with Crippen LogP contribution >= 0.6 is 24.0 Å². The van der Waals surface area contributed by atoms with Crippen LogP contribution in [0.3, 0.4) is 0 Å². The maximum absolute atomic E-state index is 5.15. The first-order valence-electron chi connectivity index (χ1n) is 9.16. The Bertz CT molecular complexity index is 720. The van der Waals surface area contributed by atoms with Crippen molar-refractivity contribution in [1.29, 1.82) is 0 Å². The average Bonchev–Trinajstić information content (AvgIpc) is 3.28. The summed E-state index contributed by atoms with van der Waals surface area (Å²) in [6, 6.07) is 2.00. The van der Waals surface area contributed by atoms with Gasteiger partial charge in [0.15, 0.2) is 5.96 Å². The molecule has 0 unspecified atom stereocenters. The zero-order valence-corrected chi connectivity index (χ0v) is 18.6. The Hall–Kier alpha value is -1.69. The van der Waals surface area contributed by atoms with Gasteiger partial charge < -0.3 is 19.3 Å². The van der Waals surface area contributed by atoms with Crippen molar-refractivity contribution in [2.24, 2.45) is 4.99 Å². The molecule has 0 atom stereocenters. The Labute approximate surface area is 177 Å². The van der Waals surface area contributed by atoms with Crippen molar-refractivity contribution in [2.45, 2.75) is 33.4 Å². The largest absolute Gasteiger partial charge is 0.361 e. The first-order valence-corrected chi connectivity index (χ1v) is 9.16. The molecule has 0 amide bonds. The maximum atomic E-state index is 5.15. The van der Waals surface area contributed by atoms with Gasteiger partial charge in [0.1, 0.15) is 17.9 Å². The van der Waals surface area contributed by atoms with Gasteiger partial charge in [0.2, 0.25) is 0 Å². The van der Waals surface area contributed by atoms with Crippen LogP contribution < -0.4 is 5.32 Å². The zero-order valence-electron chi connectivity index (χ0n) is 16.3. The van der Waals surface area contributed by atoms with Crippen molar-refractivity contribution in [1.82, 2.24) is 35.0 Å². The molecule has 1 N–H and O–H groups in total. The van der Waals surface area contributed by atoms with Crippen molar-refractivity contribution in [3.8, 4) is 0 Å². The molecular formula is C17H29IN8O. The highest BCUT2D eigenvalue weighted by Crippen LogP contribution is 2.09. The van der Waals surface area contributed by atoms with Gasteiger partial charge in [0.25, 0.3) is 0 Å². The Morgan fingerprint density at radius 3 is 2.70 bits per heavy atom. The molecule has 27 heavy (non-hydrogen) atoms. The number of hydrogen-bond acceptors (Lipinski definition) is 6. The second-order valence-electron chi connectivity index (χ2n) is 6.46. The molecule has 0 aromatic carbocycles. The molecule has 0 bridgehead atoms. The highest BCUT2D eigenvalue weighted by molar-refractivity contribution is 14.0. The van der Waals surface area contributed by atoms with Gasteiger partial charge in [-0.15, -0.1) is 34.2 Å². The lowest BCUT2D eigenvalue weighted by molar-refractivity contribution is 0.169. The molecule has 2 aromatic rings. The number of aryl methyl sites for hydroxylation is 2. The molecule has 2 aromatic heterocycles. The smallest absolute Gasteiger partial charge is 0.193 e. The van der Waals surface area contributed by atoms with E-state index in [4.69, 9.17) is 4.52 Å². The minimum atomic E-state index is 0. The summed E-state index contributed by atoms with van der Waals surface area (Å²) < 4.78 is 7.23. The Kier molecular flexibility index (Phi) is 8.48. The quantitative estimate of drug-likeness (QED) is 0.371. The van der Waals surface area contributed by atoms with Crippen LogP contribution in [0.5, 0.6) is 0 Å². The van der Waals surface area contributed by atoms with E-state index in [0.717, 1.165) is 75.5 Å². The molecule has 150 valence electrons. The van der Waals surface area contributed by atoms with Gasteiger partial charge in [-0.2, -0.15) is 0 Å². The summed E-state index contributed by atoms with van der Waals surface area (Å²) in [5.74, 6) is 2.83. The second-order valence-corrected chi connectivity index (χ2v) is 6.46. The number of guanidine groups is 1. The summed E-state index contributed by atoms with van der Waals surface area (Å²) in [6.45, 7) is 10.4.